The van der Waals surface area contributed by atoms with E-state index in [1.54, 1.807) is 6.92 Å². The molecule has 0 saturated heterocycles. The Balaban J connectivity index is 1.96. The Morgan fingerprint density at radius 2 is 1.32 bits per heavy atom. The summed E-state index contributed by atoms with van der Waals surface area (Å²) in [7, 11) is 0. The number of nitrogens with two attached hydrogens (primary N) is 1. The highest BCUT2D eigenvalue weighted by molar-refractivity contribution is 5.94. The Bertz CT molecular complexity index is 797. The molecule has 0 aliphatic carbocycles. The summed E-state index contributed by atoms with van der Waals surface area (Å²) >= 11 is 0. The summed E-state index contributed by atoms with van der Waals surface area (Å²) < 4.78 is 75.4. The van der Waals surface area contributed by atoms with Crippen LogP contribution < -0.4 is 11.1 Å². The van der Waals surface area contributed by atoms with Crippen LogP contribution in [0, 0.1) is 5.92 Å². The summed E-state index contributed by atoms with van der Waals surface area (Å²) in [6.07, 6.45) is -8.64. The molecule has 1 unspecified atom stereocenters. The van der Waals surface area contributed by atoms with E-state index < -0.39 is 41.3 Å². The Kier molecular flexibility index (Phi) is 6.38. The molecular formula is C19H18F6N2O. The van der Waals surface area contributed by atoms with Gasteiger partial charge in [-0.1, -0.05) is 19.1 Å². The Morgan fingerprint density at radius 1 is 0.893 bits per heavy atom. The van der Waals surface area contributed by atoms with Gasteiger partial charge in [0.25, 0.3) is 0 Å². The van der Waals surface area contributed by atoms with E-state index in [4.69, 9.17) is 5.73 Å². The minimum atomic E-state index is -4.48. The first kappa shape index (κ1) is 21.7. The van der Waals surface area contributed by atoms with Gasteiger partial charge in [-0.3, -0.25) is 4.79 Å². The van der Waals surface area contributed by atoms with Crippen LogP contribution in [-0.2, 0) is 23.6 Å². The fourth-order valence-electron chi connectivity index (χ4n) is 2.56. The molecule has 2 atom stereocenters. The molecule has 3 N–H and O–H groups in total. The molecule has 152 valence electrons. The van der Waals surface area contributed by atoms with E-state index in [0.717, 1.165) is 36.4 Å². The van der Waals surface area contributed by atoms with Crippen molar-refractivity contribution in [1.82, 2.24) is 0 Å². The standard InChI is InChI=1S/C19H18F6N2O/c1-11(10-12-2-4-13(5-3-12)18(20,21)22)16(26)17(28)27-15-8-6-14(7-9-15)19(23,24)25/h2-9,11,16H,10,26H2,1H3,(H,27,28)/t11?,16-/m0/s1. The zero-order valence-electron chi connectivity index (χ0n) is 14.7. The number of nitrogens with one attached hydrogen (secondary N) is 1. The smallest absolute Gasteiger partial charge is 0.325 e. The van der Waals surface area contributed by atoms with E-state index in [-0.39, 0.29) is 12.1 Å². The Labute approximate surface area is 157 Å². The minimum Gasteiger partial charge on any atom is -0.325 e. The number of alkyl halides is 6. The van der Waals surface area contributed by atoms with Crippen LogP contribution in [0.3, 0.4) is 0 Å². The van der Waals surface area contributed by atoms with Gasteiger partial charge in [-0.15, -0.1) is 0 Å². The second-order valence-corrected chi connectivity index (χ2v) is 6.47. The molecule has 2 rings (SSSR count). The number of hydrogen-bond acceptors (Lipinski definition) is 2. The van der Waals surface area contributed by atoms with Gasteiger partial charge >= 0.3 is 12.4 Å². The Hall–Kier alpha value is -2.55. The summed E-state index contributed by atoms with van der Waals surface area (Å²) in [5, 5.41) is 2.44. The fraction of sp³-hybridized carbons (Fsp3) is 0.316. The first-order valence-corrected chi connectivity index (χ1v) is 8.28. The number of halogens is 6. The van der Waals surface area contributed by atoms with Gasteiger partial charge < -0.3 is 11.1 Å². The van der Waals surface area contributed by atoms with Gasteiger partial charge in [-0.25, -0.2) is 0 Å². The molecule has 1 amide bonds. The van der Waals surface area contributed by atoms with Gasteiger partial charge in [0, 0.05) is 5.69 Å². The molecule has 0 saturated carbocycles. The highest BCUT2D eigenvalue weighted by atomic mass is 19.4. The molecule has 28 heavy (non-hydrogen) atoms. The second kappa shape index (κ2) is 8.22. The number of benzene rings is 2. The van der Waals surface area contributed by atoms with Crippen molar-refractivity contribution in [3.63, 3.8) is 0 Å². The van der Waals surface area contributed by atoms with E-state index in [1.807, 2.05) is 0 Å². The normalized spacial score (nSPS) is 14.4. The molecule has 0 radical (unpaired) electrons. The highest BCUT2D eigenvalue weighted by Crippen LogP contribution is 2.30. The lowest BCUT2D eigenvalue weighted by atomic mass is 9.93. The van der Waals surface area contributed by atoms with E-state index in [2.05, 4.69) is 5.32 Å². The number of amides is 1. The number of carbonyl (C=O) groups is 1. The van der Waals surface area contributed by atoms with Crippen LogP contribution in [-0.4, -0.2) is 11.9 Å². The van der Waals surface area contributed by atoms with Gasteiger partial charge in [0.05, 0.1) is 17.2 Å². The third-order valence-corrected chi connectivity index (χ3v) is 4.23. The van der Waals surface area contributed by atoms with Crippen LogP contribution in [0.2, 0.25) is 0 Å². The summed E-state index contributed by atoms with van der Waals surface area (Å²) in [4.78, 5) is 12.2. The van der Waals surface area contributed by atoms with Crippen molar-refractivity contribution in [2.45, 2.75) is 31.7 Å². The van der Waals surface area contributed by atoms with Gasteiger partial charge in [0.2, 0.25) is 5.91 Å². The molecule has 0 bridgehead atoms. The summed E-state index contributed by atoms with van der Waals surface area (Å²) in [5.74, 6) is -1.01. The molecule has 0 aliphatic heterocycles. The van der Waals surface area contributed by atoms with Crippen molar-refractivity contribution in [3.05, 3.63) is 65.2 Å². The second-order valence-electron chi connectivity index (χ2n) is 6.47. The van der Waals surface area contributed by atoms with Crippen molar-refractivity contribution in [2.75, 3.05) is 5.32 Å². The first-order chi connectivity index (χ1) is 12.9. The van der Waals surface area contributed by atoms with E-state index in [0.29, 0.717) is 5.56 Å². The third-order valence-electron chi connectivity index (χ3n) is 4.23. The fourth-order valence-corrected chi connectivity index (χ4v) is 2.56. The topological polar surface area (TPSA) is 55.1 Å². The Morgan fingerprint density at radius 3 is 1.75 bits per heavy atom. The molecule has 0 heterocycles. The third kappa shape index (κ3) is 5.72. The number of rotatable bonds is 5. The molecule has 0 spiro atoms. The lowest BCUT2D eigenvalue weighted by molar-refractivity contribution is -0.138. The predicted octanol–water partition coefficient (Wildman–Crippen LogP) is 4.87. The van der Waals surface area contributed by atoms with E-state index in [1.165, 1.54) is 12.1 Å². The van der Waals surface area contributed by atoms with Gasteiger partial charge in [0.15, 0.2) is 0 Å². The van der Waals surface area contributed by atoms with Crippen LogP contribution in [0.4, 0.5) is 32.0 Å². The van der Waals surface area contributed by atoms with Crippen molar-refractivity contribution in [1.29, 1.82) is 0 Å². The predicted molar refractivity (Wildman–Crippen MR) is 92.4 cm³/mol. The molecule has 0 fully saturated rings. The highest BCUT2D eigenvalue weighted by Gasteiger charge is 2.31. The maximum Gasteiger partial charge on any atom is 0.416 e. The lowest BCUT2D eigenvalue weighted by Crippen LogP contribution is -2.41. The molecule has 3 nitrogen and oxygen atoms in total. The molecule has 2 aromatic rings. The van der Waals surface area contributed by atoms with Crippen LogP contribution in [0.15, 0.2) is 48.5 Å². The van der Waals surface area contributed by atoms with Crippen LogP contribution in [0.1, 0.15) is 23.6 Å². The van der Waals surface area contributed by atoms with Crippen LogP contribution in [0.5, 0.6) is 0 Å². The van der Waals surface area contributed by atoms with Gasteiger partial charge in [-0.2, -0.15) is 26.3 Å². The zero-order valence-corrected chi connectivity index (χ0v) is 14.7. The molecule has 0 aliphatic rings. The van der Waals surface area contributed by atoms with Crippen molar-refractivity contribution in [3.8, 4) is 0 Å². The lowest BCUT2D eigenvalue weighted by Gasteiger charge is -2.20. The summed E-state index contributed by atoms with van der Waals surface area (Å²) in [5.41, 5.74) is 5.01. The number of hydrogen-bond donors (Lipinski definition) is 2. The van der Waals surface area contributed by atoms with Gasteiger partial charge in [0.1, 0.15) is 0 Å². The molecule has 0 aromatic heterocycles. The maximum absolute atomic E-state index is 12.6. The van der Waals surface area contributed by atoms with Gasteiger partial charge in [-0.05, 0) is 54.3 Å². The monoisotopic (exact) mass is 404 g/mol. The number of anilines is 1. The van der Waals surface area contributed by atoms with Crippen molar-refractivity contribution >= 4 is 11.6 Å². The first-order valence-electron chi connectivity index (χ1n) is 8.28. The van der Waals surface area contributed by atoms with E-state index >= 15 is 0 Å². The summed E-state index contributed by atoms with van der Waals surface area (Å²) in [6, 6.07) is 7.47. The zero-order chi connectivity index (χ0) is 21.1. The molecule has 9 heteroatoms. The minimum absolute atomic E-state index is 0.162. The molecule has 2 aromatic carbocycles. The van der Waals surface area contributed by atoms with E-state index in [9.17, 15) is 31.1 Å². The van der Waals surface area contributed by atoms with Crippen LogP contribution in [0.25, 0.3) is 0 Å². The SMILES string of the molecule is CC(Cc1ccc(C(F)(F)F)cc1)[C@H](N)C(=O)Nc1ccc(C(F)(F)F)cc1. The average molecular weight is 404 g/mol. The average Bonchev–Trinajstić information content (AvgIpc) is 2.60. The van der Waals surface area contributed by atoms with Crippen molar-refractivity contribution < 1.29 is 31.1 Å². The van der Waals surface area contributed by atoms with Crippen molar-refractivity contribution in [2.24, 2.45) is 11.7 Å². The quantitative estimate of drug-likeness (QED) is 0.699. The maximum atomic E-state index is 12.6. The summed E-state index contributed by atoms with van der Waals surface area (Å²) in [6.45, 7) is 1.66. The molecular weight excluding hydrogens is 386 g/mol. The van der Waals surface area contributed by atoms with Crippen LogP contribution >= 0.6 is 0 Å². The number of carbonyl (C=O) groups excluding carboxylic acids is 1. The largest absolute Gasteiger partial charge is 0.416 e.